The van der Waals surface area contributed by atoms with Crippen molar-refractivity contribution in [2.45, 2.75) is 30.7 Å². The first kappa shape index (κ1) is 19.5. The maximum atomic E-state index is 4.78. The van der Waals surface area contributed by atoms with Crippen molar-refractivity contribution < 1.29 is 0 Å². The van der Waals surface area contributed by atoms with E-state index in [4.69, 9.17) is 4.98 Å². The molecule has 0 radical (unpaired) electrons. The fourth-order valence-corrected chi connectivity index (χ4v) is 4.46. The van der Waals surface area contributed by atoms with Crippen LogP contribution in [0.4, 0.5) is 0 Å². The van der Waals surface area contributed by atoms with Crippen molar-refractivity contribution in [3.63, 3.8) is 0 Å². The van der Waals surface area contributed by atoms with Gasteiger partial charge in [-0.25, -0.2) is 4.98 Å². The Kier molecular flexibility index (Phi) is 6.82. The van der Waals surface area contributed by atoms with Crippen molar-refractivity contribution in [1.82, 2.24) is 9.55 Å². The number of aromatic nitrogens is 2. The van der Waals surface area contributed by atoms with Crippen LogP contribution in [-0.4, -0.2) is 15.3 Å². The fraction of sp³-hybridized carbons (Fsp3) is 0.192. The Morgan fingerprint density at radius 3 is 1.97 bits per heavy atom. The lowest BCUT2D eigenvalue weighted by Crippen LogP contribution is -2.00. The first-order chi connectivity index (χ1) is 14.4. The maximum absolute atomic E-state index is 4.78. The number of nitrogens with zero attached hydrogens (tertiary/aromatic N) is 2. The van der Waals surface area contributed by atoms with E-state index in [-0.39, 0.29) is 0 Å². The molecule has 0 spiro atoms. The number of thioether (sulfide) groups is 1. The Hall–Kier alpha value is -2.78. The van der Waals surface area contributed by atoms with Crippen LogP contribution in [0.5, 0.6) is 0 Å². The molecular weight excluding hydrogens is 372 g/mol. The highest BCUT2D eigenvalue weighted by Crippen LogP contribution is 2.31. The average Bonchev–Trinajstić information content (AvgIpc) is 3.22. The van der Waals surface area contributed by atoms with E-state index in [0.717, 1.165) is 12.2 Å². The van der Waals surface area contributed by atoms with Crippen LogP contribution in [-0.2, 0) is 6.54 Å². The molecule has 0 unspecified atom stereocenters. The molecule has 0 aliphatic heterocycles. The van der Waals surface area contributed by atoms with Crippen LogP contribution in [0.15, 0.2) is 102 Å². The minimum Gasteiger partial charge on any atom is -0.330 e. The number of hydrogen-bond donors (Lipinski definition) is 0. The van der Waals surface area contributed by atoms with Crippen LogP contribution < -0.4 is 0 Å². The summed E-state index contributed by atoms with van der Waals surface area (Å²) in [6.45, 7) is 1.00. The van der Waals surface area contributed by atoms with Gasteiger partial charge in [0.15, 0.2) is 0 Å². The van der Waals surface area contributed by atoms with Crippen molar-refractivity contribution in [3.05, 3.63) is 97.3 Å². The summed E-state index contributed by atoms with van der Waals surface area (Å²) in [6.07, 6.45) is 5.64. The minimum atomic E-state index is 1.00. The second kappa shape index (κ2) is 10.1. The number of hydrogen-bond acceptors (Lipinski definition) is 2. The minimum absolute atomic E-state index is 1.00. The lowest BCUT2D eigenvalue weighted by molar-refractivity contribution is 0.608. The Morgan fingerprint density at radius 1 is 0.655 bits per heavy atom. The highest BCUT2D eigenvalue weighted by molar-refractivity contribution is 7.99. The zero-order valence-electron chi connectivity index (χ0n) is 16.6. The number of unbranched alkanes of at least 4 members (excludes halogenated alkanes) is 2. The molecule has 1 aromatic heterocycles. The van der Waals surface area contributed by atoms with Crippen LogP contribution in [0, 0.1) is 0 Å². The van der Waals surface area contributed by atoms with E-state index in [2.05, 4.69) is 95.6 Å². The molecule has 3 aromatic carbocycles. The maximum Gasteiger partial charge on any atom is 0.0963 e. The van der Waals surface area contributed by atoms with Gasteiger partial charge in [-0.3, -0.25) is 0 Å². The van der Waals surface area contributed by atoms with Crippen LogP contribution in [0.1, 0.15) is 19.3 Å². The second-order valence-corrected chi connectivity index (χ2v) is 8.26. The largest absolute Gasteiger partial charge is 0.330 e. The van der Waals surface area contributed by atoms with Gasteiger partial charge in [0.2, 0.25) is 0 Å². The first-order valence-electron chi connectivity index (χ1n) is 10.3. The van der Waals surface area contributed by atoms with E-state index in [1.165, 1.54) is 46.7 Å². The lowest BCUT2D eigenvalue weighted by Gasteiger charge is -2.11. The molecule has 1 heterocycles. The third-order valence-corrected chi connectivity index (χ3v) is 6.09. The number of imidazole rings is 1. The molecule has 4 rings (SSSR count). The molecular formula is C26H26N2S. The summed E-state index contributed by atoms with van der Waals surface area (Å²) in [4.78, 5) is 6.14. The van der Waals surface area contributed by atoms with E-state index in [1.807, 2.05) is 18.1 Å². The summed E-state index contributed by atoms with van der Waals surface area (Å²) in [7, 11) is 0. The van der Waals surface area contributed by atoms with Crippen molar-refractivity contribution in [1.29, 1.82) is 0 Å². The summed E-state index contributed by atoms with van der Waals surface area (Å²) in [6, 6.07) is 31.8. The van der Waals surface area contributed by atoms with Gasteiger partial charge in [0.05, 0.1) is 17.7 Å². The van der Waals surface area contributed by atoms with Crippen molar-refractivity contribution in [2.24, 2.45) is 0 Å². The highest BCUT2D eigenvalue weighted by atomic mass is 32.2. The molecule has 0 N–H and O–H groups in total. The van der Waals surface area contributed by atoms with Gasteiger partial charge < -0.3 is 4.57 Å². The molecule has 0 saturated heterocycles. The van der Waals surface area contributed by atoms with Crippen LogP contribution >= 0.6 is 11.8 Å². The Bertz CT molecular complexity index is 995. The van der Waals surface area contributed by atoms with Crippen LogP contribution in [0.25, 0.3) is 22.5 Å². The predicted molar refractivity (Wildman–Crippen MR) is 124 cm³/mol. The number of aryl methyl sites for hydroxylation is 1. The summed E-state index contributed by atoms with van der Waals surface area (Å²) in [5, 5.41) is 0. The van der Waals surface area contributed by atoms with Crippen LogP contribution in [0.2, 0.25) is 0 Å². The normalized spacial score (nSPS) is 10.9. The van der Waals surface area contributed by atoms with E-state index in [1.54, 1.807) is 0 Å². The zero-order chi connectivity index (χ0) is 19.7. The summed E-state index contributed by atoms with van der Waals surface area (Å²) in [5.74, 6) is 1.18. The summed E-state index contributed by atoms with van der Waals surface area (Å²) in [5.41, 5.74) is 4.68. The molecule has 3 heteroatoms. The molecule has 0 bridgehead atoms. The molecule has 0 amide bonds. The predicted octanol–water partition coefficient (Wildman–Crippen LogP) is 7.18. The molecule has 146 valence electrons. The molecule has 0 saturated carbocycles. The van der Waals surface area contributed by atoms with Crippen molar-refractivity contribution in [2.75, 3.05) is 5.75 Å². The molecule has 0 aliphatic carbocycles. The van der Waals surface area contributed by atoms with Gasteiger partial charge in [0.25, 0.3) is 0 Å². The van der Waals surface area contributed by atoms with Gasteiger partial charge in [-0.1, -0.05) is 85.3 Å². The SMILES string of the molecule is c1ccc(SCCCCCn2cnc(-c3ccccc3)c2-c2ccccc2)cc1. The number of rotatable bonds is 9. The van der Waals surface area contributed by atoms with E-state index in [0.29, 0.717) is 0 Å². The van der Waals surface area contributed by atoms with E-state index >= 15 is 0 Å². The zero-order valence-corrected chi connectivity index (χ0v) is 17.4. The van der Waals surface area contributed by atoms with E-state index < -0.39 is 0 Å². The molecule has 0 aliphatic rings. The van der Waals surface area contributed by atoms with E-state index in [9.17, 15) is 0 Å². The molecule has 29 heavy (non-hydrogen) atoms. The van der Waals surface area contributed by atoms with Gasteiger partial charge in [0, 0.05) is 22.6 Å². The van der Waals surface area contributed by atoms with Gasteiger partial charge >= 0.3 is 0 Å². The summed E-state index contributed by atoms with van der Waals surface area (Å²) >= 11 is 1.95. The Labute approximate surface area is 177 Å². The number of benzene rings is 3. The quantitative estimate of drug-likeness (QED) is 0.219. The molecule has 4 aromatic rings. The van der Waals surface area contributed by atoms with Crippen molar-refractivity contribution in [3.8, 4) is 22.5 Å². The molecule has 0 fully saturated rings. The van der Waals surface area contributed by atoms with Crippen molar-refractivity contribution >= 4 is 11.8 Å². The third-order valence-electron chi connectivity index (χ3n) is 4.99. The Balaban J connectivity index is 1.40. The first-order valence-corrected chi connectivity index (χ1v) is 11.2. The average molecular weight is 399 g/mol. The Morgan fingerprint density at radius 2 is 1.28 bits per heavy atom. The summed E-state index contributed by atoms with van der Waals surface area (Å²) < 4.78 is 2.32. The fourth-order valence-electron chi connectivity index (χ4n) is 3.53. The second-order valence-electron chi connectivity index (χ2n) is 7.09. The van der Waals surface area contributed by atoms with Crippen LogP contribution in [0.3, 0.4) is 0 Å². The molecule has 2 nitrogen and oxygen atoms in total. The molecule has 0 atom stereocenters. The third kappa shape index (κ3) is 5.18. The highest BCUT2D eigenvalue weighted by Gasteiger charge is 2.14. The standard InChI is InChI=1S/C26H26N2S/c1-5-13-22(14-6-1)25-26(23-15-7-2-8-16-23)28(21-27-25)19-11-4-12-20-29-24-17-9-3-10-18-24/h1-3,5-10,13-18,21H,4,11-12,19-20H2. The topological polar surface area (TPSA) is 17.8 Å². The smallest absolute Gasteiger partial charge is 0.0963 e. The van der Waals surface area contributed by atoms with Gasteiger partial charge in [0.1, 0.15) is 0 Å². The van der Waals surface area contributed by atoms with Gasteiger partial charge in [-0.05, 0) is 30.7 Å². The van der Waals surface area contributed by atoms with Gasteiger partial charge in [-0.2, -0.15) is 0 Å². The lowest BCUT2D eigenvalue weighted by atomic mass is 10.0. The monoisotopic (exact) mass is 398 g/mol. The van der Waals surface area contributed by atoms with Gasteiger partial charge in [-0.15, -0.1) is 11.8 Å².